The van der Waals surface area contributed by atoms with Gasteiger partial charge in [0.05, 0.1) is 13.4 Å². The molecule has 1 aromatic carbocycles. The van der Waals surface area contributed by atoms with E-state index in [1.54, 1.807) is 13.2 Å². The molecule has 1 heterocycles. The zero-order valence-corrected chi connectivity index (χ0v) is 8.77. The summed E-state index contributed by atoms with van der Waals surface area (Å²) in [6.07, 6.45) is 1.43. The second kappa shape index (κ2) is 4.10. The van der Waals surface area contributed by atoms with Crippen molar-refractivity contribution in [3.05, 3.63) is 42.4 Å². The average Bonchev–Trinajstić information content (AvgIpc) is 2.77. The summed E-state index contributed by atoms with van der Waals surface area (Å²) in [5.74, 6) is 0.224. The maximum atomic E-state index is 11.1. The van der Waals surface area contributed by atoms with Crippen molar-refractivity contribution in [2.75, 3.05) is 7.11 Å². The van der Waals surface area contributed by atoms with Crippen molar-refractivity contribution >= 4 is 5.91 Å². The lowest BCUT2D eigenvalue weighted by Gasteiger charge is -2.06. The van der Waals surface area contributed by atoms with E-state index >= 15 is 0 Å². The summed E-state index contributed by atoms with van der Waals surface area (Å²) in [4.78, 5) is 11.1. The van der Waals surface area contributed by atoms with Crippen molar-refractivity contribution in [2.45, 2.75) is 0 Å². The number of hydrogen-bond donors (Lipinski definition) is 1. The average molecular weight is 217 g/mol. The monoisotopic (exact) mass is 217 g/mol. The third kappa shape index (κ3) is 1.65. The third-order valence-corrected chi connectivity index (χ3v) is 2.29. The molecule has 0 atom stereocenters. The minimum absolute atomic E-state index is 0.143. The molecule has 82 valence electrons. The van der Waals surface area contributed by atoms with E-state index in [2.05, 4.69) is 0 Å². The van der Waals surface area contributed by atoms with Crippen molar-refractivity contribution in [1.29, 1.82) is 0 Å². The Balaban J connectivity index is 2.58. The number of carbonyl (C=O) groups is 1. The van der Waals surface area contributed by atoms with E-state index in [0.29, 0.717) is 11.3 Å². The van der Waals surface area contributed by atoms with E-state index in [1.165, 1.54) is 6.26 Å². The summed E-state index contributed by atoms with van der Waals surface area (Å²) >= 11 is 0. The minimum atomic E-state index is -0.592. The molecule has 0 bridgehead atoms. The number of hydrogen-bond acceptors (Lipinski definition) is 3. The smallest absolute Gasteiger partial charge is 0.285 e. The van der Waals surface area contributed by atoms with Crippen molar-refractivity contribution < 1.29 is 13.9 Å². The van der Waals surface area contributed by atoms with Crippen LogP contribution >= 0.6 is 0 Å². The number of ether oxygens (including phenoxy) is 1. The third-order valence-electron chi connectivity index (χ3n) is 2.29. The van der Waals surface area contributed by atoms with Crippen LogP contribution in [0.4, 0.5) is 0 Å². The maximum Gasteiger partial charge on any atom is 0.285 e. The number of amides is 1. The Bertz CT molecular complexity index is 516. The molecule has 1 aromatic heterocycles. The first-order valence-electron chi connectivity index (χ1n) is 4.74. The molecule has 4 nitrogen and oxygen atoms in total. The number of carbonyl (C=O) groups excluding carboxylic acids is 1. The van der Waals surface area contributed by atoms with Crippen molar-refractivity contribution in [2.24, 2.45) is 5.73 Å². The van der Waals surface area contributed by atoms with Crippen molar-refractivity contribution in [3.63, 3.8) is 0 Å². The number of furan rings is 1. The molecule has 0 aliphatic heterocycles. The molecule has 0 saturated carbocycles. The zero-order valence-electron chi connectivity index (χ0n) is 8.77. The standard InChI is InChI=1S/C12H11NO3/c1-15-10-5-3-2-4-8(10)9-6-7-16-11(9)12(13)14/h2-7H,1H3,(H2,13,14). The molecule has 1 amide bonds. The van der Waals surface area contributed by atoms with E-state index in [4.69, 9.17) is 14.9 Å². The Hall–Kier alpha value is -2.23. The van der Waals surface area contributed by atoms with Gasteiger partial charge >= 0.3 is 0 Å². The van der Waals surface area contributed by atoms with Gasteiger partial charge in [0.1, 0.15) is 5.75 Å². The molecule has 0 radical (unpaired) electrons. The predicted molar refractivity (Wildman–Crippen MR) is 59.2 cm³/mol. The highest BCUT2D eigenvalue weighted by Gasteiger charge is 2.16. The first kappa shape index (κ1) is 10.3. The topological polar surface area (TPSA) is 65.5 Å². The minimum Gasteiger partial charge on any atom is -0.496 e. The summed E-state index contributed by atoms with van der Waals surface area (Å²) in [5.41, 5.74) is 6.64. The molecule has 2 aromatic rings. The number of para-hydroxylation sites is 1. The number of primary amides is 1. The second-order valence-corrected chi connectivity index (χ2v) is 3.23. The first-order chi connectivity index (χ1) is 7.74. The van der Waals surface area contributed by atoms with Gasteiger partial charge in [0.25, 0.3) is 5.91 Å². The Kier molecular flexibility index (Phi) is 2.64. The quantitative estimate of drug-likeness (QED) is 0.855. The van der Waals surface area contributed by atoms with Crippen LogP contribution < -0.4 is 10.5 Å². The lowest BCUT2D eigenvalue weighted by Crippen LogP contribution is -2.10. The van der Waals surface area contributed by atoms with Crippen LogP contribution in [-0.4, -0.2) is 13.0 Å². The highest BCUT2D eigenvalue weighted by Crippen LogP contribution is 2.32. The van der Waals surface area contributed by atoms with Gasteiger partial charge < -0.3 is 14.9 Å². The van der Waals surface area contributed by atoms with Crippen LogP contribution in [0.1, 0.15) is 10.6 Å². The maximum absolute atomic E-state index is 11.1. The molecular weight excluding hydrogens is 206 g/mol. The van der Waals surface area contributed by atoms with Gasteiger partial charge in [-0.3, -0.25) is 4.79 Å². The van der Waals surface area contributed by atoms with Gasteiger partial charge in [-0.2, -0.15) is 0 Å². The van der Waals surface area contributed by atoms with Gasteiger partial charge in [-0.15, -0.1) is 0 Å². The molecule has 16 heavy (non-hydrogen) atoms. The predicted octanol–water partition coefficient (Wildman–Crippen LogP) is 2.05. The van der Waals surface area contributed by atoms with Crippen LogP contribution in [0.2, 0.25) is 0 Å². The summed E-state index contributed by atoms with van der Waals surface area (Å²) in [5, 5.41) is 0. The molecule has 0 fully saturated rings. The van der Waals surface area contributed by atoms with E-state index in [-0.39, 0.29) is 5.76 Å². The van der Waals surface area contributed by atoms with Crippen molar-refractivity contribution in [3.8, 4) is 16.9 Å². The van der Waals surface area contributed by atoms with Crippen molar-refractivity contribution in [1.82, 2.24) is 0 Å². The van der Waals surface area contributed by atoms with E-state index in [0.717, 1.165) is 5.56 Å². The summed E-state index contributed by atoms with van der Waals surface area (Å²) < 4.78 is 10.3. The summed E-state index contributed by atoms with van der Waals surface area (Å²) in [6, 6.07) is 9.06. The fraction of sp³-hybridized carbons (Fsp3) is 0.0833. The van der Waals surface area contributed by atoms with Gasteiger partial charge in [-0.25, -0.2) is 0 Å². The molecular formula is C12H11NO3. The van der Waals surface area contributed by atoms with Crippen LogP contribution in [0.15, 0.2) is 41.0 Å². The Labute approximate surface area is 92.6 Å². The summed E-state index contributed by atoms with van der Waals surface area (Å²) in [7, 11) is 1.57. The van der Waals surface area contributed by atoms with E-state index < -0.39 is 5.91 Å². The van der Waals surface area contributed by atoms with Crippen LogP contribution in [0.3, 0.4) is 0 Å². The Morgan fingerprint density at radius 1 is 1.25 bits per heavy atom. The molecule has 2 rings (SSSR count). The molecule has 2 N–H and O–H groups in total. The molecule has 0 spiro atoms. The SMILES string of the molecule is COc1ccccc1-c1ccoc1C(N)=O. The number of methoxy groups -OCH3 is 1. The van der Waals surface area contributed by atoms with E-state index in [1.807, 2.05) is 24.3 Å². The zero-order chi connectivity index (χ0) is 11.5. The Morgan fingerprint density at radius 2 is 2.00 bits per heavy atom. The number of benzene rings is 1. The molecule has 4 heteroatoms. The fourth-order valence-corrected chi connectivity index (χ4v) is 1.58. The molecule has 0 unspecified atom stereocenters. The fourth-order valence-electron chi connectivity index (χ4n) is 1.58. The van der Waals surface area contributed by atoms with Crippen LogP contribution in [-0.2, 0) is 0 Å². The van der Waals surface area contributed by atoms with Gasteiger partial charge in [-0.05, 0) is 12.1 Å². The van der Waals surface area contributed by atoms with Gasteiger partial charge in [-0.1, -0.05) is 18.2 Å². The number of nitrogens with two attached hydrogens (primary N) is 1. The van der Waals surface area contributed by atoms with Gasteiger partial charge in [0.15, 0.2) is 5.76 Å². The Morgan fingerprint density at radius 3 is 2.69 bits per heavy atom. The normalized spacial score (nSPS) is 10.1. The largest absolute Gasteiger partial charge is 0.496 e. The highest BCUT2D eigenvalue weighted by atomic mass is 16.5. The first-order valence-corrected chi connectivity index (χ1v) is 4.74. The molecule has 0 aliphatic carbocycles. The number of rotatable bonds is 3. The van der Waals surface area contributed by atoms with Crippen LogP contribution in [0.25, 0.3) is 11.1 Å². The van der Waals surface area contributed by atoms with Crippen LogP contribution in [0, 0.1) is 0 Å². The van der Waals surface area contributed by atoms with E-state index in [9.17, 15) is 4.79 Å². The lowest BCUT2D eigenvalue weighted by atomic mass is 10.1. The molecule has 0 aliphatic rings. The highest BCUT2D eigenvalue weighted by molar-refractivity contribution is 5.97. The lowest BCUT2D eigenvalue weighted by molar-refractivity contribution is 0.0975. The molecule has 0 saturated heterocycles. The van der Waals surface area contributed by atoms with Crippen LogP contribution in [0.5, 0.6) is 5.75 Å². The van der Waals surface area contributed by atoms with Gasteiger partial charge in [0, 0.05) is 11.1 Å². The van der Waals surface area contributed by atoms with Gasteiger partial charge in [0.2, 0.25) is 0 Å². The summed E-state index contributed by atoms with van der Waals surface area (Å²) in [6.45, 7) is 0. The second-order valence-electron chi connectivity index (χ2n) is 3.23.